The van der Waals surface area contributed by atoms with Crippen molar-refractivity contribution in [2.45, 2.75) is 33.2 Å². The maximum Gasteiger partial charge on any atom is 0.147 e. The van der Waals surface area contributed by atoms with Crippen LogP contribution in [0.15, 0.2) is 16.6 Å². The molecule has 1 rings (SSSR count). The van der Waals surface area contributed by atoms with Crippen molar-refractivity contribution in [2.24, 2.45) is 0 Å². The first-order chi connectivity index (χ1) is 8.74. The smallest absolute Gasteiger partial charge is 0.147 e. The Morgan fingerprint density at radius 2 is 1.79 bits per heavy atom. The molecule has 5 heteroatoms. The molecule has 0 saturated carbocycles. The maximum atomic E-state index is 11.3. The van der Waals surface area contributed by atoms with Gasteiger partial charge in [0.2, 0.25) is 0 Å². The van der Waals surface area contributed by atoms with Crippen molar-refractivity contribution in [1.29, 1.82) is 0 Å². The van der Waals surface area contributed by atoms with E-state index in [4.69, 9.17) is 0 Å². The van der Waals surface area contributed by atoms with E-state index in [-0.39, 0.29) is 11.8 Å². The standard InChI is InChI=1S/C14H22BrNO2S/c1-5-16-13(6-7-19(4,17)18)12-8-10(2)14(15)11(3)9-12/h8-9,13,16H,5-7H2,1-4H3. The van der Waals surface area contributed by atoms with Crippen LogP contribution < -0.4 is 5.32 Å². The van der Waals surface area contributed by atoms with Crippen LogP contribution in [0.25, 0.3) is 0 Å². The van der Waals surface area contributed by atoms with Gasteiger partial charge in [0.15, 0.2) is 0 Å². The lowest BCUT2D eigenvalue weighted by molar-refractivity contribution is 0.529. The van der Waals surface area contributed by atoms with Crippen LogP contribution in [0.3, 0.4) is 0 Å². The van der Waals surface area contributed by atoms with Crippen LogP contribution in [-0.2, 0) is 9.84 Å². The maximum absolute atomic E-state index is 11.3. The van der Waals surface area contributed by atoms with E-state index in [1.165, 1.54) is 17.4 Å². The zero-order valence-corrected chi connectivity index (χ0v) is 14.4. The number of sulfone groups is 1. The monoisotopic (exact) mass is 347 g/mol. The van der Waals surface area contributed by atoms with Crippen molar-refractivity contribution in [2.75, 3.05) is 18.6 Å². The Bertz CT molecular complexity index is 517. The molecule has 1 aromatic carbocycles. The Morgan fingerprint density at radius 3 is 2.21 bits per heavy atom. The predicted molar refractivity (Wildman–Crippen MR) is 84.4 cm³/mol. The highest BCUT2D eigenvalue weighted by molar-refractivity contribution is 9.10. The summed E-state index contributed by atoms with van der Waals surface area (Å²) in [6, 6.07) is 4.32. The van der Waals surface area contributed by atoms with Gasteiger partial charge in [0.05, 0.1) is 5.75 Å². The summed E-state index contributed by atoms with van der Waals surface area (Å²) >= 11 is 3.56. The molecule has 0 spiro atoms. The molecule has 1 atom stereocenters. The minimum atomic E-state index is -2.92. The van der Waals surface area contributed by atoms with Crippen LogP contribution in [-0.4, -0.2) is 27.0 Å². The summed E-state index contributed by atoms with van der Waals surface area (Å²) in [7, 11) is -2.92. The zero-order valence-electron chi connectivity index (χ0n) is 12.0. The molecular formula is C14H22BrNO2S. The van der Waals surface area contributed by atoms with Crippen molar-refractivity contribution < 1.29 is 8.42 Å². The van der Waals surface area contributed by atoms with Crippen molar-refractivity contribution >= 4 is 25.8 Å². The predicted octanol–water partition coefficient (Wildman–Crippen LogP) is 3.15. The number of aryl methyl sites for hydroxylation is 2. The van der Waals surface area contributed by atoms with Gasteiger partial charge in [0.25, 0.3) is 0 Å². The summed E-state index contributed by atoms with van der Waals surface area (Å²) in [5, 5.41) is 3.37. The van der Waals surface area contributed by atoms with Crippen LogP contribution in [0.4, 0.5) is 0 Å². The Labute approximate surface area is 124 Å². The number of halogens is 1. The summed E-state index contributed by atoms with van der Waals surface area (Å²) in [5.41, 5.74) is 3.51. The van der Waals surface area contributed by atoms with E-state index in [9.17, 15) is 8.42 Å². The first kappa shape index (κ1) is 16.7. The molecule has 3 nitrogen and oxygen atoms in total. The van der Waals surface area contributed by atoms with Gasteiger partial charge in [-0.3, -0.25) is 0 Å². The third-order valence-electron chi connectivity index (χ3n) is 3.09. The van der Waals surface area contributed by atoms with E-state index in [2.05, 4.69) is 47.2 Å². The van der Waals surface area contributed by atoms with Gasteiger partial charge in [-0.2, -0.15) is 0 Å². The fraction of sp³-hybridized carbons (Fsp3) is 0.571. The molecular weight excluding hydrogens is 326 g/mol. The SMILES string of the molecule is CCNC(CCS(C)(=O)=O)c1cc(C)c(Br)c(C)c1. The molecule has 108 valence electrons. The average molecular weight is 348 g/mol. The molecule has 0 fully saturated rings. The van der Waals surface area contributed by atoms with Gasteiger partial charge in [-0.1, -0.05) is 35.0 Å². The molecule has 0 bridgehead atoms. The minimum absolute atomic E-state index is 0.0882. The molecule has 0 aliphatic heterocycles. The highest BCUT2D eigenvalue weighted by Crippen LogP contribution is 2.27. The highest BCUT2D eigenvalue weighted by atomic mass is 79.9. The molecule has 0 saturated heterocycles. The number of rotatable bonds is 6. The average Bonchev–Trinajstić information content (AvgIpc) is 2.29. The van der Waals surface area contributed by atoms with E-state index in [0.717, 1.165) is 16.6 Å². The Morgan fingerprint density at radius 1 is 1.26 bits per heavy atom. The van der Waals surface area contributed by atoms with Gasteiger partial charge in [-0.15, -0.1) is 0 Å². The van der Waals surface area contributed by atoms with Gasteiger partial charge in [-0.05, 0) is 43.5 Å². The van der Waals surface area contributed by atoms with Crippen LogP contribution in [0.2, 0.25) is 0 Å². The largest absolute Gasteiger partial charge is 0.310 e. The number of hydrogen-bond acceptors (Lipinski definition) is 3. The Balaban J connectivity index is 2.99. The lowest BCUT2D eigenvalue weighted by Gasteiger charge is -2.20. The summed E-state index contributed by atoms with van der Waals surface area (Å²) in [4.78, 5) is 0. The normalized spacial score (nSPS) is 13.5. The lowest BCUT2D eigenvalue weighted by atomic mass is 9.99. The van der Waals surface area contributed by atoms with Crippen LogP contribution in [0.5, 0.6) is 0 Å². The van der Waals surface area contributed by atoms with Crippen molar-refractivity contribution in [3.8, 4) is 0 Å². The quantitative estimate of drug-likeness (QED) is 0.859. The number of benzene rings is 1. The Kier molecular flexibility index (Phi) is 6.02. The summed E-state index contributed by atoms with van der Waals surface area (Å²) in [5.74, 6) is 0.207. The molecule has 0 aliphatic carbocycles. The van der Waals surface area contributed by atoms with Gasteiger partial charge in [-0.25, -0.2) is 8.42 Å². The third-order valence-corrected chi connectivity index (χ3v) is 5.32. The fourth-order valence-electron chi connectivity index (χ4n) is 2.15. The van der Waals surface area contributed by atoms with Crippen LogP contribution >= 0.6 is 15.9 Å². The second-order valence-corrected chi connectivity index (χ2v) is 8.05. The number of nitrogens with one attached hydrogen (secondary N) is 1. The van der Waals surface area contributed by atoms with Gasteiger partial charge in [0, 0.05) is 16.8 Å². The minimum Gasteiger partial charge on any atom is -0.310 e. The molecule has 0 aliphatic rings. The second kappa shape index (κ2) is 6.86. The van der Waals surface area contributed by atoms with Crippen molar-refractivity contribution in [1.82, 2.24) is 5.32 Å². The van der Waals surface area contributed by atoms with Gasteiger partial charge < -0.3 is 5.32 Å². The molecule has 19 heavy (non-hydrogen) atoms. The van der Waals surface area contributed by atoms with Crippen molar-refractivity contribution in [3.05, 3.63) is 33.3 Å². The van der Waals surface area contributed by atoms with Crippen molar-refractivity contribution in [3.63, 3.8) is 0 Å². The first-order valence-corrected chi connectivity index (χ1v) is 9.27. The highest BCUT2D eigenvalue weighted by Gasteiger charge is 2.15. The molecule has 0 amide bonds. The Hall–Kier alpha value is -0.390. The van der Waals surface area contributed by atoms with Crippen LogP contribution in [0, 0.1) is 13.8 Å². The topological polar surface area (TPSA) is 46.2 Å². The lowest BCUT2D eigenvalue weighted by Crippen LogP contribution is -2.23. The first-order valence-electron chi connectivity index (χ1n) is 6.42. The van der Waals surface area contributed by atoms with E-state index in [1.807, 2.05) is 6.92 Å². The summed E-state index contributed by atoms with van der Waals surface area (Å²) < 4.78 is 23.8. The molecule has 1 unspecified atom stereocenters. The fourth-order valence-corrected chi connectivity index (χ4v) is 3.04. The summed E-state index contributed by atoms with van der Waals surface area (Å²) in [6.07, 6.45) is 1.89. The van der Waals surface area contributed by atoms with Gasteiger partial charge in [0.1, 0.15) is 9.84 Å². The van der Waals surface area contributed by atoms with Gasteiger partial charge >= 0.3 is 0 Å². The van der Waals surface area contributed by atoms with E-state index in [1.54, 1.807) is 0 Å². The second-order valence-electron chi connectivity index (χ2n) is 5.00. The summed E-state index contributed by atoms with van der Waals surface area (Å²) in [6.45, 7) is 6.97. The molecule has 0 heterocycles. The van der Waals surface area contributed by atoms with E-state index < -0.39 is 9.84 Å². The van der Waals surface area contributed by atoms with E-state index >= 15 is 0 Å². The molecule has 1 N–H and O–H groups in total. The zero-order chi connectivity index (χ0) is 14.6. The molecule has 0 radical (unpaired) electrons. The molecule has 0 aromatic heterocycles. The molecule has 1 aromatic rings. The third kappa shape index (κ3) is 5.24. The van der Waals surface area contributed by atoms with Crippen LogP contribution in [0.1, 0.15) is 36.1 Å². The van der Waals surface area contributed by atoms with E-state index in [0.29, 0.717) is 6.42 Å². The number of hydrogen-bond donors (Lipinski definition) is 1.